The highest BCUT2D eigenvalue weighted by molar-refractivity contribution is 5.93. The maximum Gasteiger partial charge on any atom is 0.224 e. The molecule has 0 radical (unpaired) electrons. The number of fused-ring (bicyclic) bond motifs is 1. The number of amides is 1. The van der Waals surface area contributed by atoms with Gasteiger partial charge in [0.25, 0.3) is 0 Å². The van der Waals surface area contributed by atoms with Crippen molar-refractivity contribution in [1.82, 2.24) is 0 Å². The molecule has 1 N–H and O–H groups in total. The highest BCUT2D eigenvalue weighted by atomic mass is 16.5. The van der Waals surface area contributed by atoms with Gasteiger partial charge in [-0.15, -0.1) is 0 Å². The predicted octanol–water partition coefficient (Wildman–Crippen LogP) is 6.29. The summed E-state index contributed by atoms with van der Waals surface area (Å²) in [5.41, 5.74) is 6.29. The van der Waals surface area contributed by atoms with Crippen molar-refractivity contribution in [2.45, 2.75) is 73.3 Å². The molecule has 2 aromatic rings. The van der Waals surface area contributed by atoms with Crippen LogP contribution >= 0.6 is 0 Å². The Morgan fingerprint density at radius 1 is 1.04 bits per heavy atom. The van der Waals surface area contributed by atoms with Crippen molar-refractivity contribution in [2.24, 2.45) is 5.41 Å². The molecule has 1 aliphatic rings. The summed E-state index contributed by atoms with van der Waals surface area (Å²) < 4.78 is 6.48. The van der Waals surface area contributed by atoms with Crippen molar-refractivity contribution in [3.63, 3.8) is 0 Å². The van der Waals surface area contributed by atoms with Crippen LogP contribution in [0.4, 0.5) is 5.69 Å². The fraction of sp³-hybridized carbons (Fsp3) is 0.480. The first-order chi connectivity index (χ1) is 12.9. The number of nitrogens with one attached hydrogen (secondary N) is 1. The molecule has 0 saturated carbocycles. The van der Waals surface area contributed by atoms with Crippen molar-refractivity contribution < 1.29 is 9.53 Å². The van der Waals surface area contributed by atoms with Crippen molar-refractivity contribution >= 4 is 11.6 Å². The van der Waals surface area contributed by atoms with Crippen LogP contribution in [0, 0.1) is 26.2 Å². The van der Waals surface area contributed by atoms with Crippen LogP contribution in [0.2, 0.25) is 0 Å². The average Bonchev–Trinajstić information content (AvgIpc) is 2.87. The van der Waals surface area contributed by atoms with E-state index in [1.165, 1.54) is 11.1 Å². The summed E-state index contributed by atoms with van der Waals surface area (Å²) in [6.07, 6.45) is 0.492. The Hall–Kier alpha value is -2.29. The van der Waals surface area contributed by atoms with Gasteiger partial charge in [-0.1, -0.05) is 51.1 Å². The molecule has 28 heavy (non-hydrogen) atoms. The zero-order valence-corrected chi connectivity index (χ0v) is 18.5. The van der Waals surface area contributed by atoms with Gasteiger partial charge in [0, 0.05) is 17.7 Å². The predicted molar refractivity (Wildman–Crippen MR) is 116 cm³/mol. The molecule has 1 unspecified atom stereocenters. The molecule has 0 saturated heterocycles. The molecular weight excluding hydrogens is 346 g/mol. The molecule has 0 fully saturated rings. The van der Waals surface area contributed by atoms with Crippen LogP contribution in [0.5, 0.6) is 5.75 Å². The van der Waals surface area contributed by atoms with Gasteiger partial charge in [0.1, 0.15) is 11.4 Å². The van der Waals surface area contributed by atoms with Crippen molar-refractivity contribution in [1.29, 1.82) is 0 Å². The van der Waals surface area contributed by atoms with Crippen LogP contribution in [0.3, 0.4) is 0 Å². The first kappa shape index (κ1) is 20.4. The van der Waals surface area contributed by atoms with Crippen LogP contribution in [0.15, 0.2) is 30.3 Å². The standard InChI is InChI=1S/C25H33NO2/c1-15-16(2)23-20(17(3)22(15)26-19(27)14-24(4,5)6)21(25(7,8)28-23)18-12-10-9-11-13-18/h9-13,21H,14H2,1-8H3,(H,26,27). The minimum absolute atomic E-state index is 0.0463. The fourth-order valence-corrected chi connectivity index (χ4v) is 4.36. The summed E-state index contributed by atoms with van der Waals surface area (Å²) in [6.45, 7) is 16.8. The monoisotopic (exact) mass is 379 g/mol. The molecule has 1 heterocycles. The Bertz CT molecular complexity index is 905. The summed E-state index contributed by atoms with van der Waals surface area (Å²) in [5.74, 6) is 1.16. The lowest BCUT2D eigenvalue weighted by Gasteiger charge is -2.27. The molecule has 1 amide bonds. The van der Waals surface area contributed by atoms with E-state index in [1.54, 1.807) is 0 Å². The van der Waals surface area contributed by atoms with E-state index in [0.717, 1.165) is 28.1 Å². The average molecular weight is 380 g/mol. The van der Waals surface area contributed by atoms with Crippen LogP contribution < -0.4 is 10.1 Å². The molecule has 2 aromatic carbocycles. The fourth-order valence-electron chi connectivity index (χ4n) is 4.36. The molecule has 1 aliphatic heterocycles. The number of carbonyl (C=O) groups excluding carboxylic acids is 1. The third kappa shape index (κ3) is 3.67. The Morgan fingerprint density at radius 3 is 2.21 bits per heavy atom. The summed E-state index contributed by atoms with van der Waals surface area (Å²) in [6, 6.07) is 10.5. The Kier molecular flexibility index (Phi) is 5.07. The van der Waals surface area contributed by atoms with Gasteiger partial charge < -0.3 is 10.1 Å². The Balaban J connectivity index is 2.13. The van der Waals surface area contributed by atoms with Crippen LogP contribution in [-0.4, -0.2) is 11.5 Å². The maximum atomic E-state index is 12.7. The topological polar surface area (TPSA) is 38.3 Å². The molecule has 0 aromatic heterocycles. The van der Waals surface area contributed by atoms with Gasteiger partial charge >= 0.3 is 0 Å². The van der Waals surface area contributed by atoms with E-state index >= 15 is 0 Å². The van der Waals surface area contributed by atoms with E-state index in [-0.39, 0.29) is 22.8 Å². The maximum absolute atomic E-state index is 12.7. The lowest BCUT2D eigenvalue weighted by molar-refractivity contribution is -0.117. The number of ether oxygens (including phenoxy) is 1. The van der Waals surface area contributed by atoms with E-state index in [1.807, 2.05) is 6.07 Å². The minimum atomic E-state index is -0.348. The van der Waals surface area contributed by atoms with Gasteiger partial charge in [-0.3, -0.25) is 4.79 Å². The second kappa shape index (κ2) is 6.95. The normalized spacial score (nSPS) is 17.8. The highest BCUT2D eigenvalue weighted by Gasteiger charge is 2.44. The SMILES string of the molecule is Cc1c(C)c2c(c(C)c1NC(=O)CC(C)(C)C)C(c1ccccc1)C(C)(C)O2. The molecule has 0 aliphatic carbocycles. The third-order valence-electron chi connectivity index (χ3n) is 5.74. The van der Waals surface area contributed by atoms with E-state index < -0.39 is 0 Å². The number of benzene rings is 2. The van der Waals surface area contributed by atoms with E-state index in [2.05, 4.69) is 85.0 Å². The largest absolute Gasteiger partial charge is 0.486 e. The molecular formula is C25H33NO2. The number of carbonyl (C=O) groups is 1. The molecule has 3 nitrogen and oxygen atoms in total. The molecule has 3 rings (SSSR count). The second-order valence-electron chi connectivity index (χ2n) is 9.83. The van der Waals surface area contributed by atoms with Crippen LogP contribution in [0.1, 0.15) is 74.8 Å². The summed E-state index contributed by atoms with van der Waals surface area (Å²) >= 11 is 0. The van der Waals surface area contributed by atoms with Gasteiger partial charge in [0.2, 0.25) is 5.91 Å². The molecule has 3 heteroatoms. The lowest BCUT2D eigenvalue weighted by atomic mass is 9.78. The summed E-state index contributed by atoms with van der Waals surface area (Å²) in [5, 5.41) is 3.21. The number of anilines is 1. The first-order valence-corrected chi connectivity index (χ1v) is 10.1. The molecule has 0 spiro atoms. The van der Waals surface area contributed by atoms with Gasteiger partial charge in [0.15, 0.2) is 0 Å². The Morgan fingerprint density at radius 2 is 1.64 bits per heavy atom. The molecule has 1 atom stereocenters. The number of hydrogen-bond acceptors (Lipinski definition) is 2. The van der Waals surface area contributed by atoms with Crippen LogP contribution in [-0.2, 0) is 4.79 Å². The highest BCUT2D eigenvalue weighted by Crippen LogP contribution is 2.53. The molecule has 150 valence electrons. The first-order valence-electron chi connectivity index (χ1n) is 10.1. The van der Waals surface area contributed by atoms with Gasteiger partial charge in [-0.2, -0.15) is 0 Å². The molecule has 0 bridgehead atoms. The summed E-state index contributed by atoms with van der Waals surface area (Å²) in [7, 11) is 0. The Labute approximate surface area is 169 Å². The van der Waals surface area contributed by atoms with Gasteiger partial charge in [-0.05, 0) is 62.3 Å². The third-order valence-corrected chi connectivity index (χ3v) is 5.74. The second-order valence-corrected chi connectivity index (χ2v) is 9.83. The van der Waals surface area contributed by atoms with Crippen molar-refractivity contribution in [3.05, 3.63) is 58.1 Å². The minimum Gasteiger partial charge on any atom is -0.486 e. The van der Waals surface area contributed by atoms with E-state index in [0.29, 0.717) is 6.42 Å². The number of rotatable bonds is 3. The number of hydrogen-bond donors (Lipinski definition) is 1. The smallest absolute Gasteiger partial charge is 0.224 e. The van der Waals surface area contributed by atoms with Gasteiger partial charge in [0.05, 0.1) is 5.92 Å². The van der Waals surface area contributed by atoms with Gasteiger partial charge in [-0.25, -0.2) is 0 Å². The lowest BCUT2D eigenvalue weighted by Crippen LogP contribution is -2.31. The zero-order valence-electron chi connectivity index (χ0n) is 18.5. The zero-order chi connectivity index (χ0) is 20.9. The van der Waals surface area contributed by atoms with Crippen LogP contribution in [0.25, 0.3) is 0 Å². The van der Waals surface area contributed by atoms with E-state index in [9.17, 15) is 4.79 Å². The van der Waals surface area contributed by atoms with E-state index in [4.69, 9.17) is 4.74 Å². The van der Waals surface area contributed by atoms with Crippen molar-refractivity contribution in [3.8, 4) is 5.75 Å². The van der Waals surface area contributed by atoms with Crippen molar-refractivity contribution in [2.75, 3.05) is 5.32 Å². The summed E-state index contributed by atoms with van der Waals surface area (Å²) in [4.78, 5) is 12.7. The quantitative estimate of drug-likeness (QED) is 0.680.